The van der Waals surface area contributed by atoms with Crippen molar-refractivity contribution in [1.29, 1.82) is 0 Å². The number of nitrogens with one attached hydrogen (secondary N) is 1. The molecule has 1 N–H and O–H groups in total. The third kappa shape index (κ3) is 1.52. The molecular formula is C6H8NO2. The molecule has 1 amide bonds. The summed E-state index contributed by atoms with van der Waals surface area (Å²) in [4.78, 5) is 20.5. The van der Waals surface area contributed by atoms with Crippen molar-refractivity contribution in [2.45, 2.75) is 25.3 Å². The average Bonchev–Trinajstić information content (AvgIpc) is 1.88. The van der Waals surface area contributed by atoms with Crippen molar-refractivity contribution in [2.24, 2.45) is 0 Å². The zero-order chi connectivity index (χ0) is 6.69. The second-order valence-corrected chi connectivity index (χ2v) is 2.13. The van der Waals surface area contributed by atoms with Gasteiger partial charge in [0.1, 0.15) is 0 Å². The normalized spacial score (nSPS) is 27.1. The fourth-order valence-corrected chi connectivity index (χ4v) is 0.894. The summed E-state index contributed by atoms with van der Waals surface area (Å²) in [6.07, 6.45) is 3.86. The molecule has 0 saturated carbocycles. The number of carbonyl (C=O) groups is 1. The van der Waals surface area contributed by atoms with E-state index in [-0.39, 0.29) is 11.9 Å². The molecule has 49 valence electrons. The van der Waals surface area contributed by atoms with Crippen LogP contribution in [0.15, 0.2) is 0 Å². The Labute approximate surface area is 53.4 Å². The van der Waals surface area contributed by atoms with Gasteiger partial charge >= 0.3 is 0 Å². The van der Waals surface area contributed by atoms with Crippen LogP contribution in [-0.2, 0) is 9.59 Å². The van der Waals surface area contributed by atoms with Crippen molar-refractivity contribution in [3.05, 3.63) is 0 Å². The van der Waals surface area contributed by atoms with Crippen molar-refractivity contribution < 1.29 is 9.59 Å². The van der Waals surface area contributed by atoms with E-state index < -0.39 is 0 Å². The van der Waals surface area contributed by atoms with Gasteiger partial charge in [0, 0.05) is 6.42 Å². The van der Waals surface area contributed by atoms with Gasteiger partial charge in [0.05, 0.1) is 6.04 Å². The first-order chi connectivity index (χ1) is 4.33. The maximum atomic E-state index is 10.5. The molecular weight excluding hydrogens is 118 g/mol. The fourth-order valence-electron chi connectivity index (χ4n) is 0.894. The molecule has 1 unspecified atom stereocenters. The Morgan fingerprint density at radius 1 is 1.67 bits per heavy atom. The van der Waals surface area contributed by atoms with E-state index in [0.29, 0.717) is 6.42 Å². The molecule has 1 atom stereocenters. The minimum absolute atomic E-state index is 0.0328. The molecule has 1 aliphatic heterocycles. The third-order valence-electron chi connectivity index (χ3n) is 1.37. The summed E-state index contributed by atoms with van der Waals surface area (Å²) in [6.45, 7) is 0. The molecule has 1 heterocycles. The highest BCUT2D eigenvalue weighted by Crippen LogP contribution is 2.05. The largest absolute Gasteiger partial charge is 0.346 e. The Kier molecular flexibility index (Phi) is 1.82. The summed E-state index contributed by atoms with van der Waals surface area (Å²) in [5.41, 5.74) is 0. The first-order valence-corrected chi connectivity index (χ1v) is 3.00. The molecule has 0 aromatic rings. The van der Waals surface area contributed by atoms with E-state index in [4.69, 9.17) is 0 Å². The number of piperidine rings is 1. The Bertz CT molecular complexity index is 133. The van der Waals surface area contributed by atoms with E-state index in [2.05, 4.69) is 5.32 Å². The smallest absolute Gasteiger partial charge is 0.222 e. The van der Waals surface area contributed by atoms with Crippen molar-refractivity contribution in [1.82, 2.24) is 5.32 Å². The molecule has 0 spiro atoms. The van der Waals surface area contributed by atoms with Gasteiger partial charge in [0.2, 0.25) is 12.2 Å². The third-order valence-corrected chi connectivity index (χ3v) is 1.37. The van der Waals surface area contributed by atoms with Gasteiger partial charge in [-0.2, -0.15) is 0 Å². The molecule has 0 aromatic carbocycles. The summed E-state index contributed by atoms with van der Waals surface area (Å²) in [7, 11) is 0. The van der Waals surface area contributed by atoms with Gasteiger partial charge in [0.25, 0.3) is 0 Å². The predicted molar refractivity (Wildman–Crippen MR) is 31.5 cm³/mol. The predicted octanol–water partition coefficient (Wildman–Crippen LogP) is -0.235. The molecule has 0 aromatic heterocycles. The van der Waals surface area contributed by atoms with Crippen LogP contribution < -0.4 is 5.32 Å². The van der Waals surface area contributed by atoms with E-state index in [1.807, 2.05) is 0 Å². The van der Waals surface area contributed by atoms with Crippen LogP contribution in [0.2, 0.25) is 0 Å². The second-order valence-electron chi connectivity index (χ2n) is 2.13. The van der Waals surface area contributed by atoms with Crippen molar-refractivity contribution in [3.8, 4) is 0 Å². The highest BCUT2D eigenvalue weighted by Gasteiger charge is 2.16. The summed E-state index contributed by atoms with van der Waals surface area (Å²) in [6, 6.07) is -0.341. The van der Waals surface area contributed by atoms with Gasteiger partial charge in [-0.3, -0.25) is 9.59 Å². The standard InChI is InChI=1S/C6H8NO2/c8-4-5-2-1-3-6(9)7-5/h5H,1-3H2,(H,7,9). The van der Waals surface area contributed by atoms with E-state index in [0.717, 1.165) is 12.8 Å². The maximum Gasteiger partial charge on any atom is 0.222 e. The molecule has 3 heteroatoms. The Morgan fingerprint density at radius 3 is 2.89 bits per heavy atom. The number of hydrogen-bond donors (Lipinski definition) is 1. The average molecular weight is 126 g/mol. The molecule has 1 radical (unpaired) electrons. The van der Waals surface area contributed by atoms with Crippen LogP contribution in [0.25, 0.3) is 0 Å². The maximum absolute atomic E-state index is 10.5. The van der Waals surface area contributed by atoms with Crippen LogP contribution in [0.4, 0.5) is 0 Å². The Balaban J connectivity index is 2.40. The molecule has 3 nitrogen and oxygen atoms in total. The van der Waals surface area contributed by atoms with Crippen LogP contribution in [0.5, 0.6) is 0 Å². The van der Waals surface area contributed by atoms with E-state index in [1.54, 1.807) is 6.29 Å². The van der Waals surface area contributed by atoms with Gasteiger partial charge in [0.15, 0.2) is 0 Å². The molecule has 1 rings (SSSR count). The number of rotatable bonds is 1. The lowest BCUT2D eigenvalue weighted by molar-refractivity contribution is -0.122. The van der Waals surface area contributed by atoms with Gasteiger partial charge < -0.3 is 5.32 Å². The SMILES string of the molecule is O=[C]C1CCCC(=O)N1. The van der Waals surface area contributed by atoms with Gasteiger partial charge in [-0.1, -0.05) is 0 Å². The van der Waals surface area contributed by atoms with Crippen LogP contribution in [0.3, 0.4) is 0 Å². The zero-order valence-electron chi connectivity index (χ0n) is 5.02. The minimum atomic E-state index is -0.341. The lowest BCUT2D eigenvalue weighted by Crippen LogP contribution is -2.39. The van der Waals surface area contributed by atoms with Crippen molar-refractivity contribution in [2.75, 3.05) is 0 Å². The highest BCUT2D eigenvalue weighted by molar-refractivity contribution is 5.80. The molecule has 0 aliphatic carbocycles. The topological polar surface area (TPSA) is 46.2 Å². The van der Waals surface area contributed by atoms with E-state index in [9.17, 15) is 9.59 Å². The van der Waals surface area contributed by atoms with Gasteiger partial charge in [-0.15, -0.1) is 0 Å². The fraction of sp³-hybridized carbons (Fsp3) is 0.667. The lowest BCUT2D eigenvalue weighted by Gasteiger charge is -2.16. The summed E-state index contributed by atoms with van der Waals surface area (Å²) in [5.74, 6) is -0.0328. The second kappa shape index (κ2) is 2.62. The number of carbonyl (C=O) groups excluding carboxylic acids is 2. The summed E-state index contributed by atoms with van der Waals surface area (Å²) < 4.78 is 0. The van der Waals surface area contributed by atoms with Crippen LogP contribution in [0, 0.1) is 0 Å². The Morgan fingerprint density at radius 2 is 2.44 bits per heavy atom. The molecule has 1 aliphatic rings. The van der Waals surface area contributed by atoms with E-state index in [1.165, 1.54) is 0 Å². The van der Waals surface area contributed by atoms with E-state index >= 15 is 0 Å². The van der Waals surface area contributed by atoms with Crippen LogP contribution in [-0.4, -0.2) is 18.2 Å². The molecule has 1 fully saturated rings. The van der Waals surface area contributed by atoms with Crippen LogP contribution in [0.1, 0.15) is 19.3 Å². The molecule has 9 heavy (non-hydrogen) atoms. The number of hydrogen-bond acceptors (Lipinski definition) is 2. The van der Waals surface area contributed by atoms with Gasteiger partial charge in [-0.05, 0) is 12.8 Å². The molecule has 0 bridgehead atoms. The van der Waals surface area contributed by atoms with Crippen LogP contribution >= 0.6 is 0 Å². The Hall–Kier alpha value is -0.860. The summed E-state index contributed by atoms with van der Waals surface area (Å²) >= 11 is 0. The quantitative estimate of drug-likeness (QED) is 0.527. The minimum Gasteiger partial charge on any atom is -0.346 e. The summed E-state index contributed by atoms with van der Waals surface area (Å²) in [5, 5.41) is 2.50. The zero-order valence-corrected chi connectivity index (χ0v) is 5.02. The first-order valence-electron chi connectivity index (χ1n) is 3.00. The first kappa shape index (κ1) is 6.26. The number of amides is 1. The van der Waals surface area contributed by atoms with Gasteiger partial charge in [-0.25, -0.2) is 0 Å². The highest BCUT2D eigenvalue weighted by atomic mass is 16.2. The lowest BCUT2D eigenvalue weighted by atomic mass is 10.1. The molecule has 1 saturated heterocycles. The monoisotopic (exact) mass is 126 g/mol. The van der Waals surface area contributed by atoms with Crippen molar-refractivity contribution >= 4 is 12.2 Å². The van der Waals surface area contributed by atoms with Crippen molar-refractivity contribution in [3.63, 3.8) is 0 Å².